The zero-order valence-corrected chi connectivity index (χ0v) is 15.3. The lowest BCUT2D eigenvalue weighted by Gasteiger charge is -2.00. The minimum atomic E-state index is 0.723. The SMILES string of the molecule is Cn1cc(CCCNc2nn3cc(-c4ccc(Cl)cc4)nc3s2)cn1. The smallest absolute Gasteiger partial charge is 0.214 e. The van der Waals surface area contributed by atoms with Crippen molar-refractivity contribution in [2.24, 2.45) is 7.05 Å². The normalized spacial score (nSPS) is 11.3. The van der Waals surface area contributed by atoms with Crippen molar-refractivity contribution < 1.29 is 0 Å². The molecular formula is C17H17ClN6S. The van der Waals surface area contributed by atoms with Crippen molar-refractivity contribution in [2.45, 2.75) is 12.8 Å². The predicted molar refractivity (Wildman–Crippen MR) is 101 cm³/mol. The first-order valence-corrected chi connectivity index (χ1v) is 9.20. The topological polar surface area (TPSA) is 60.0 Å². The number of anilines is 1. The molecule has 0 aliphatic carbocycles. The molecule has 0 fully saturated rings. The van der Waals surface area contributed by atoms with Crippen molar-refractivity contribution in [1.82, 2.24) is 24.4 Å². The van der Waals surface area contributed by atoms with Crippen molar-refractivity contribution in [3.8, 4) is 11.3 Å². The molecular weight excluding hydrogens is 356 g/mol. The number of halogens is 1. The molecule has 0 saturated heterocycles. The Balaban J connectivity index is 1.37. The monoisotopic (exact) mass is 372 g/mol. The zero-order chi connectivity index (χ0) is 17.2. The first kappa shape index (κ1) is 16.1. The molecule has 128 valence electrons. The number of rotatable bonds is 6. The van der Waals surface area contributed by atoms with Crippen molar-refractivity contribution in [3.05, 3.63) is 53.4 Å². The summed E-state index contributed by atoms with van der Waals surface area (Å²) in [4.78, 5) is 5.51. The Hall–Kier alpha value is -2.38. The number of fused-ring (bicyclic) bond motifs is 1. The van der Waals surface area contributed by atoms with Gasteiger partial charge in [0.05, 0.1) is 18.1 Å². The maximum absolute atomic E-state index is 5.93. The minimum absolute atomic E-state index is 0.723. The molecule has 3 heterocycles. The van der Waals surface area contributed by atoms with Crippen molar-refractivity contribution in [2.75, 3.05) is 11.9 Å². The first-order chi connectivity index (χ1) is 12.2. The molecule has 0 aliphatic heterocycles. The summed E-state index contributed by atoms with van der Waals surface area (Å²) in [5.74, 6) is 0. The van der Waals surface area contributed by atoms with E-state index >= 15 is 0 Å². The van der Waals surface area contributed by atoms with Crippen LogP contribution in [0.2, 0.25) is 5.02 Å². The molecule has 0 radical (unpaired) electrons. The summed E-state index contributed by atoms with van der Waals surface area (Å²) in [7, 11) is 1.94. The van der Waals surface area contributed by atoms with Crippen LogP contribution in [0, 0.1) is 0 Å². The van der Waals surface area contributed by atoms with Gasteiger partial charge in [0.2, 0.25) is 10.1 Å². The highest BCUT2D eigenvalue weighted by molar-refractivity contribution is 7.20. The molecule has 0 aliphatic rings. The van der Waals surface area contributed by atoms with E-state index in [1.165, 1.54) is 5.56 Å². The predicted octanol–water partition coefficient (Wildman–Crippen LogP) is 3.89. The average Bonchev–Trinajstić information content (AvgIpc) is 3.27. The molecule has 0 unspecified atom stereocenters. The van der Waals surface area contributed by atoms with Crippen molar-refractivity contribution in [3.63, 3.8) is 0 Å². The Kier molecular flexibility index (Phi) is 4.42. The van der Waals surface area contributed by atoms with E-state index < -0.39 is 0 Å². The number of imidazole rings is 1. The van der Waals surface area contributed by atoms with Gasteiger partial charge in [0.25, 0.3) is 0 Å². The van der Waals surface area contributed by atoms with Crippen LogP contribution in [-0.4, -0.2) is 30.9 Å². The third-order valence-corrected chi connectivity index (χ3v) is 4.99. The standard InChI is InChI=1S/C17H17ClN6S/c1-23-10-12(9-20-23)3-2-8-19-16-22-24-11-15(21-17(24)25-16)13-4-6-14(18)7-5-13/h4-7,9-11H,2-3,8H2,1H3,(H,19,22). The molecule has 0 spiro atoms. The van der Waals surface area contributed by atoms with E-state index in [9.17, 15) is 0 Å². The lowest BCUT2D eigenvalue weighted by Crippen LogP contribution is -2.02. The fourth-order valence-electron chi connectivity index (χ4n) is 2.62. The Morgan fingerprint density at radius 1 is 1.20 bits per heavy atom. The van der Waals surface area contributed by atoms with Crippen LogP contribution in [0.15, 0.2) is 42.9 Å². The second-order valence-corrected chi connectivity index (χ2v) is 7.21. The average molecular weight is 373 g/mol. The van der Waals surface area contributed by atoms with Gasteiger partial charge in [-0.05, 0) is 30.5 Å². The van der Waals surface area contributed by atoms with Crippen LogP contribution < -0.4 is 5.32 Å². The number of hydrogen-bond acceptors (Lipinski definition) is 5. The van der Waals surface area contributed by atoms with E-state index in [1.54, 1.807) is 11.3 Å². The van der Waals surface area contributed by atoms with E-state index in [0.29, 0.717) is 0 Å². The molecule has 0 amide bonds. The van der Waals surface area contributed by atoms with Crippen LogP contribution in [0.25, 0.3) is 16.2 Å². The minimum Gasteiger partial charge on any atom is -0.360 e. The highest BCUT2D eigenvalue weighted by Gasteiger charge is 2.09. The van der Waals surface area contributed by atoms with E-state index in [0.717, 1.165) is 45.8 Å². The second-order valence-electron chi connectivity index (χ2n) is 5.82. The van der Waals surface area contributed by atoms with Crippen LogP contribution in [0.3, 0.4) is 0 Å². The van der Waals surface area contributed by atoms with Crippen molar-refractivity contribution >= 4 is 33.0 Å². The van der Waals surface area contributed by atoms with Crippen LogP contribution in [-0.2, 0) is 13.5 Å². The van der Waals surface area contributed by atoms with Gasteiger partial charge in [0.1, 0.15) is 0 Å². The Labute approximate surface area is 154 Å². The van der Waals surface area contributed by atoms with Crippen LogP contribution in [0.4, 0.5) is 5.13 Å². The van der Waals surface area contributed by atoms with E-state index in [2.05, 4.69) is 26.7 Å². The van der Waals surface area contributed by atoms with Crippen molar-refractivity contribution in [1.29, 1.82) is 0 Å². The summed E-state index contributed by atoms with van der Waals surface area (Å²) in [6.07, 6.45) is 7.94. The maximum atomic E-state index is 5.93. The van der Waals surface area contributed by atoms with E-state index in [4.69, 9.17) is 11.6 Å². The molecule has 0 atom stereocenters. The number of nitrogens with zero attached hydrogens (tertiary/aromatic N) is 5. The molecule has 0 bridgehead atoms. The van der Waals surface area contributed by atoms with Gasteiger partial charge in [-0.2, -0.15) is 5.10 Å². The van der Waals surface area contributed by atoms with Gasteiger partial charge in [-0.1, -0.05) is 35.1 Å². The summed E-state index contributed by atoms with van der Waals surface area (Å²) < 4.78 is 3.65. The molecule has 8 heteroatoms. The zero-order valence-electron chi connectivity index (χ0n) is 13.7. The van der Waals surface area contributed by atoms with Gasteiger partial charge in [-0.25, -0.2) is 9.50 Å². The van der Waals surface area contributed by atoms with Gasteiger partial charge >= 0.3 is 0 Å². The fraction of sp³-hybridized carbons (Fsp3) is 0.235. The lowest BCUT2D eigenvalue weighted by atomic mass is 10.2. The number of benzene rings is 1. The molecule has 25 heavy (non-hydrogen) atoms. The number of aromatic nitrogens is 5. The number of nitrogens with one attached hydrogen (secondary N) is 1. The summed E-state index contributed by atoms with van der Waals surface area (Å²) >= 11 is 7.48. The van der Waals surface area contributed by atoms with Gasteiger partial charge in [0.15, 0.2) is 0 Å². The van der Waals surface area contributed by atoms with Crippen LogP contribution in [0.1, 0.15) is 12.0 Å². The molecule has 1 N–H and O–H groups in total. The molecule has 3 aromatic heterocycles. The quantitative estimate of drug-likeness (QED) is 0.521. The Morgan fingerprint density at radius 3 is 2.76 bits per heavy atom. The number of hydrogen-bond donors (Lipinski definition) is 1. The summed E-state index contributed by atoms with van der Waals surface area (Å²) in [5.41, 5.74) is 3.19. The molecule has 1 aromatic carbocycles. The summed E-state index contributed by atoms with van der Waals surface area (Å²) in [6, 6.07) is 7.67. The lowest BCUT2D eigenvalue weighted by molar-refractivity contribution is 0.765. The first-order valence-electron chi connectivity index (χ1n) is 8.01. The summed E-state index contributed by atoms with van der Waals surface area (Å²) in [5, 5.41) is 13.7. The fourth-order valence-corrected chi connectivity index (χ4v) is 3.55. The van der Waals surface area contributed by atoms with E-state index in [-0.39, 0.29) is 0 Å². The van der Waals surface area contributed by atoms with E-state index in [1.807, 2.05) is 52.9 Å². The molecule has 0 saturated carbocycles. The van der Waals surface area contributed by atoms with Gasteiger partial charge in [0, 0.05) is 30.4 Å². The van der Waals surface area contributed by atoms with Gasteiger partial charge < -0.3 is 5.32 Å². The van der Waals surface area contributed by atoms with Crippen LogP contribution in [0.5, 0.6) is 0 Å². The Bertz CT molecular complexity index is 953. The highest BCUT2D eigenvalue weighted by Crippen LogP contribution is 2.25. The van der Waals surface area contributed by atoms with Crippen LogP contribution >= 0.6 is 22.9 Å². The number of aryl methyl sites for hydroxylation is 2. The second kappa shape index (κ2) is 6.85. The molecule has 6 nitrogen and oxygen atoms in total. The van der Waals surface area contributed by atoms with Gasteiger partial charge in [-0.15, -0.1) is 5.10 Å². The highest BCUT2D eigenvalue weighted by atomic mass is 35.5. The largest absolute Gasteiger partial charge is 0.360 e. The van der Waals surface area contributed by atoms with Gasteiger partial charge in [-0.3, -0.25) is 4.68 Å². The summed E-state index contributed by atoms with van der Waals surface area (Å²) in [6.45, 7) is 0.871. The maximum Gasteiger partial charge on any atom is 0.214 e. The molecule has 4 aromatic rings. The molecule has 4 rings (SSSR count). The third kappa shape index (κ3) is 3.67. The third-order valence-electron chi connectivity index (χ3n) is 3.86. The Morgan fingerprint density at radius 2 is 2.04 bits per heavy atom.